The van der Waals surface area contributed by atoms with Crippen molar-refractivity contribution in [1.82, 2.24) is 15.4 Å². The third kappa shape index (κ3) is 3.72. The summed E-state index contributed by atoms with van der Waals surface area (Å²) < 4.78 is 1.08. The van der Waals surface area contributed by atoms with Gasteiger partial charge >= 0.3 is 11.6 Å². The van der Waals surface area contributed by atoms with Crippen molar-refractivity contribution in [3.63, 3.8) is 0 Å². The molecule has 8 heteroatoms. The van der Waals surface area contributed by atoms with E-state index in [2.05, 4.69) is 10.6 Å². The molecule has 1 heterocycles. The average molecular weight is 334 g/mol. The van der Waals surface area contributed by atoms with E-state index in [1.54, 1.807) is 12.1 Å². The highest BCUT2D eigenvalue weighted by atomic mass is 16.5. The number of aliphatic hydroxyl groups excluding tert-OH is 1. The number of nitrogens with zero attached hydrogens (tertiary/aromatic N) is 2. The second-order valence-corrected chi connectivity index (χ2v) is 6.46. The lowest BCUT2D eigenvalue weighted by molar-refractivity contribution is -0.468. The van der Waals surface area contributed by atoms with E-state index in [-0.39, 0.29) is 47.7 Å². The molecule has 130 valence electrons. The molecule has 8 nitrogen and oxygen atoms in total. The Hall–Kier alpha value is -2.45. The van der Waals surface area contributed by atoms with Gasteiger partial charge in [0.2, 0.25) is 0 Å². The summed E-state index contributed by atoms with van der Waals surface area (Å²) in [5.41, 5.74) is -0.230. The number of hydrogen-bond donors (Lipinski definition) is 3. The third-order valence-corrected chi connectivity index (χ3v) is 3.44. The van der Waals surface area contributed by atoms with E-state index in [0.717, 1.165) is 0 Å². The van der Waals surface area contributed by atoms with Gasteiger partial charge in [0.15, 0.2) is 0 Å². The van der Waals surface area contributed by atoms with Gasteiger partial charge in [-0.15, -0.1) is 0 Å². The summed E-state index contributed by atoms with van der Waals surface area (Å²) in [6.07, 6.45) is 0. The standard InChI is InChI=1S/C16H22N4O4/c1-16(2,3)18-10-13-14(15(22)17-8-9-21)20(24)12-7-5-4-6-11(12)19(13)23/h4-7,18,21H,8-10H2,1-3H3,(H,17,22). The first-order valence-electron chi connectivity index (χ1n) is 7.67. The van der Waals surface area contributed by atoms with E-state index >= 15 is 0 Å². The second-order valence-electron chi connectivity index (χ2n) is 6.46. The number of nitrogens with one attached hydrogen (secondary N) is 2. The van der Waals surface area contributed by atoms with E-state index in [4.69, 9.17) is 5.11 Å². The highest BCUT2D eigenvalue weighted by Gasteiger charge is 2.29. The Kier molecular flexibility index (Phi) is 5.20. The number of amides is 1. The molecular weight excluding hydrogens is 312 g/mol. The first-order valence-corrected chi connectivity index (χ1v) is 7.67. The van der Waals surface area contributed by atoms with E-state index in [1.165, 1.54) is 12.1 Å². The molecule has 2 aromatic rings. The van der Waals surface area contributed by atoms with Gasteiger partial charge in [-0.3, -0.25) is 4.79 Å². The average Bonchev–Trinajstić information content (AvgIpc) is 2.53. The zero-order valence-electron chi connectivity index (χ0n) is 14.0. The quantitative estimate of drug-likeness (QED) is 0.690. The van der Waals surface area contributed by atoms with Crippen LogP contribution in [0.2, 0.25) is 0 Å². The molecule has 1 amide bonds. The molecular formula is C16H22N4O4. The fraction of sp³-hybridized carbons (Fsp3) is 0.438. The van der Waals surface area contributed by atoms with Crippen molar-refractivity contribution in [3.8, 4) is 0 Å². The number of fused-ring (bicyclic) bond motifs is 1. The lowest BCUT2D eigenvalue weighted by Crippen LogP contribution is -2.42. The van der Waals surface area contributed by atoms with E-state index < -0.39 is 5.91 Å². The van der Waals surface area contributed by atoms with Gasteiger partial charge in [-0.05, 0) is 26.8 Å². The molecule has 0 spiro atoms. The Balaban J connectivity index is 2.64. The van der Waals surface area contributed by atoms with Gasteiger partial charge in [0.25, 0.3) is 5.52 Å². The van der Waals surface area contributed by atoms with Crippen molar-refractivity contribution in [1.29, 1.82) is 0 Å². The number of aliphatic hydroxyl groups is 1. The minimum absolute atomic E-state index is 0.00332. The zero-order valence-corrected chi connectivity index (χ0v) is 14.0. The summed E-state index contributed by atoms with van der Waals surface area (Å²) in [5.74, 6) is -0.694. The molecule has 0 radical (unpaired) electrons. The van der Waals surface area contributed by atoms with Gasteiger partial charge < -0.3 is 25.7 Å². The van der Waals surface area contributed by atoms with Crippen LogP contribution in [0.5, 0.6) is 0 Å². The molecule has 0 bridgehead atoms. The molecule has 0 aliphatic rings. The summed E-state index contributed by atoms with van der Waals surface area (Å²) in [7, 11) is 0. The lowest BCUT2D eigenvalue weighted by atomic mass is 10.1. The Morgan fingerprint density at radius 1 is 1.33 bits per heavy atom. The zero-order chi connectivity index (χ0) is 17.9. The van der Waals surface area contributed by atoms with Crippen LogP contribution in [0.4, 0.5) is 0 Å². The third-order valence-electron chi connectivity index (χ3n) is 3.44. The van der Waals surface area contributed by atoms with E-state index in [0.29, 0.717) is 9.16 Å². The number of para-hydroxylation sites is 2. The molecule has 1 aromatic heterocycles. The van der Waals surface area contributed by atoms with Crippen molar-refractivity contribution in [2.24, 2.45) is 0 Å². The maximum Gasteiger partial charge on any atom is 0.347 e. The molecule has 0 saturated carbocycles. The van der Waals surface area contributed by atoms with Gasteiger partial charge in [0, 0.05) is 29.6 Å². The van der Waals surface area contributed by atoms with Crippen LogP contribution < -0.4 is 15.1 Å². The minimum Gasteiger partial charge on any atom is -0.805 e. The number of hydrogen-bond acceptors (Lipinski definition) is 5. The number of benzene rings is 1. The first-order chi connectivity index (χ1) is 11.3. The van der Waals surface area contributed by atoms with Gasteiger partial charge in [-0.25, -0.2) is 0 Å². The maximum atomic E-state index is 12.7. The van der Waals surface area contributed by atoms with E-state index in [1.807, 2.05) is 20.8 Å². The predicted octanol–water partition coefficient (Wildman–Crippen LogP) is 0.512. The Morgan fingerprint density at radius 3 is 2.62 bits per heavy atom. The summed E-state index contributed by atoms with van der Waals surface area (Å²) in [6, 6.07) is 6.30. The minimum atomic E-state index is -0.694. The second kappa shape index (κ2) is 6.98. The fourth-order valence-electron chi connectivity index (χ4n) is 2.27. The van der Waals surface area contributed by atoms with Crippen molar-refractivity contribution in [3.05, 3.63) is 45.8 Å². The van der Waals surface area contributed by atoms with E-state index in [9.17, 15) is 14.9 Å². The summed E-state index contributed by atoms with van der Waals surface area (Å²) in [4.78, 5) is 25.0. The van der Waals surface area contributed by atoms with Crippen LogP contribution in [0.3, 0.4) is 0 Å². The predicted molar refractivity (Wildman–Crippen MR) is 90.1 cm³/mol. The van der Waals surface area contributed by atoms with Crippen molar-refractivity contribution in [2.45, 2.75) is 32.9 Å². The first kappa shape index (κ1) is 17.9. The van der Waals surface area contributed by atoms with Crippen LogP contribution in [-0.4, -0.2) is 34.4 Å². The highest BCUT2D eigenvalue weighted by Crippen LogP contribution is 2.15. The van der Waals surface area contributed by atoms with Gasteiger partial charge in [-0.1, -0.05) is 12.1 Å². The largest absolute Gasteiger partial charge is 0.805 e. The molecule has 0 unspecified atom stereocenters. The molecule has 24 heavy (non-hydrogen) atoms. The molecule has 0 saturated heterocycles. The van der Waals surface area contributed by atoms with Gasteiger partial charge in [0.1, 0.15) is 11.2 Å². The summed E-state index contributed by atoms with van der Waals surface area (Å²) >= 11 is 0. The van der Waals surface area contributed by atoms with Crippen LogP contribution >= 0.6 is 0 Å². The molecule has 0 atom stereocenters. The molecule has 3 N–H and O–H groups in total. The van der Waals surface area contributed by atoms with Crippen LogP contribution in [0.1, 0.15) is 37.0 Å². The van der Waals surface area contributed by atoms with Gasteiger partial charge in [0.05, 0.1) is 11.0 Å². The van der Waals surface area contributed by atoms with Crippen molar-refractivity contribution < 1.29 is 14.3 Å². The normalized spacial score (nSPS) is 11.7. The fourth-order valence-corrected chi connectivity index (χ4v) is 2.27. The Labute approximate surface area is 139 Å². The number of carbonyl (C=O) groups is 1. The Morgan fingerprint density at radius 2 is 2.00 bits per heavy atom. The number of rotatable bonds is 5. The summed E-state index contributed by atoms with van der Waals surface area (Å²) in [5, 5.41) is 27.1. The Bertz CT molecular complexity index is 808. The van der Waals surface area contributed by atoms with Crippen LogP contribution in [-0.2, 0) is 6.54 Å². The molecule has 0 aliphatic heterocycles. The molecule has 0 fully saturated rings. The maximum absolute atomic E-state index is 12.7. The monoisotopic (exact) mass is 334 g/mol. The number of carbonyl (C=O) groups excluding carboxylic acids is 1. The van der Waals surface area contributed by atoms with Gasteiger partial charge in [-0.2, -0.15) is 0 Å². The molecule has 1 aromatic carbocycles. The van der Waals surface area contributed by atoms with Crippen LogP contribution in [0, 0.1) is 10.1 Å². The molecule has 0 aliphatic carbocycles. The highest BCUT2D eigenvalue weighted by molar-refractivity contribution is 5.93. The lowest BCUT2D eigenvalue weighted by Gasteiger charge is -2.24. The topological polar surface area (TPSA) is 112 Å². The molecule has 2 rings (SSSR count). The van der Waals surface area contributed by atoms with Crippen molar-refractivity contribution >= 4 is 16.9 Å². The van der Waals surface area contributed by atoms with Crippen molar-refractivity contribution in [2.75, 3.05) is 13.2 Å². The van der Waals surface area contributed by atoms with Crippen LogP contribution in [0.15, 0.2) is 24.3 Å². The SMILES string of the molecule is CC(C)(C)NCc1c(C(=O)NCCO)[n+](=O)c2ccccc2n1[O-]. The van der Waals surface area contributed by atoms with Crippen LogP contribution in [0.25, 0.3) is 11.0 Å². The number of aromatic nitrogens is 2. The smallest absolute Gasteiger partial charge is 0.347 e. The summed E-state index contributed by atoms with van der Waals surface area (Å²) in [6.45, 7) is 5.55.